The van der Waals surface area contributed by atoms with Gasteiger partial charge in [0.15, 0.2) is 23.2 Å². The zero-order valence-corrected chi connectivity index (χ0v) is 13.7. The molecule has 0 spiro atoms. The van der Waals surface area contributed by atoms with E-state index in [-0.39, 0.29) is 11.4 Å². The molecule has 3 heterocycles. The third-order valence-electron chi connectivity index (χ3n) is 3.84. The molecule has 1 amide bonds. The summed E-state index contributed by atoms with van der Waals surface area (Å²) in [7, 11) is 1.53. The summed E-state index contributed by atoms with van der Waals surface area (Å²) in [6, 6.07) is 3.45. The second-order valence-corrected chi connectivity index (χ2v) is 5.57. The Labute approximate surface area is 143 Å². The number of rotatable bonds is 2. The number of carbonyl (C=O) groups excluding carboxylic acids is 1. The number of hydrogen-bond acceptors (Lipinski definition) is 6. The van der Waals surface area contributed by atoms with Gasteiger partial charge in [-0.3, -0.25) is 10.2 Å². The number of allylic oxidation sites excluding steroid dienone is 1. The lowest BCUT2D eigenvalue weighted by Gasteiger charge is -2.23. The number of amides is 1. The summed E-state index contributed by atoms with van der Waals surface area (Å²) >= 11 is 0. The number of nitrogens with zero attached hydrogens (tertiary/aromatic N) is 2. The van der Waals surface area contributed by atoms with Gasteiger partial charge >= 0.3 is 0 Å². The fourth-order valence-electron chi connectivity index (χ4n) is 2.74. The molecule has 0 fully saturated rings. The molecule has 0 saturated carbocycles. The lowest BCUT2D eigenvalue weighted by molar-refractivity contribution is -0.114. The number of hydrogen-bond donors (Lipinski definition) is 1. The van der Waals surface area contributed by atoms with E-state index >= 15 is 0 Å². The van der Waals surface area contributed by atoms with Crippen molar-refractivity contribution in [1.29, 1.82) is 5.41 Å². The molecule has 8 heteroatoms. The average molecular weight is 341 g/mol. The van der Waals surface area contributed by atoms with Crippen LogP contribution in [0.5, 0.6) is 17.2 Å². The van der Waals surface area contributed by atoms with Crippen molar-refractivity contribution in [3.05, 3.63) is 35.1 Å². The number of nitrogens with one attached hydrogen (secondary N) is 1. The van der Waals surface area contributed by atoms with E-state index in [1.165, 1.54) is 12.2 Å². The van der Waals surface area contributed by atoms with Crippen molar-refractivity contribution in [2.75, 3.05) is 20.3 Å². The van der Waals surface area contributed by atoms with Crippen molar-refractivity contribution in [2.45, 2.75) is 6.92 Å². The van der Waals surface area contributed by atoms with Crippen molar-refractivity contribution in [3.63, 3.8) is 0 Å². The van der Waals surface area contributed by atoms with Gasteiger partial charge in [0.25, 0.3) is 5.91 Å². The number of hydroxylamine groups is 2. The Kier molecular flexibility index (Phi) is 3.45. The molecule has 8 nitrogen and oxygen atoms in total. The molecule has 0 aromatic heterocycles. The second-order valence-electron chi connectivity index (χ2n) is 5.57. The topological polar surface area (TPSA) is 93.4 Å². The van der Waals surface area contributed by atoms with E-state index < -0.39 is 5.91 Å². The van der Waals surface area contributed by atoms with Gasteiger partial charge in [0.1, 0.15) is 19.0 Å². The Morgan fingerprint density at radius 1 is 1.32 bits per heavy atom. The molecule has 1 aromatic rings. The molecule has 0 unspecified atom stereocenters. The molecule has 0 bridgehead atoms. The van der Waals surface area contributed by atoms with Crippen LogP contribution in [0, 0.1) is 5.41 Å². The smallest absolute Gasteiger partial charge is 0.282 e. The highest BCUT2D eigenvalue weighted by molar-refractivity contribution is 6.32. The molecule has 3 aliphatic rings. The largest absolute Gasteiger partial charge is 0.493 e. The van der Waals surface area contributed by atoms with Crippen LogP contribution in [0.1, 0.15) is 12.5 Å². The zero-order valence-electron chi connectivity index (χ0n) is 13.7. The number of fused-ring (bicyclic) bond motifs is 2. The van der Waals surface area contributed by atoms with Crippen molar-refractivity contribution in [3.8, 4) is 17.2 Å². The SMILES string of the molecule is COc1cc(/C=C2\C(=N)N3OC(C)=CC3=NC2=O)cc2c1OCCO2. The monoisotopic (exact) mass is 341 g/mol. The summed E-state index contributed by atoms with van der Waals surface area (Å²) in [4.78, 5) is 21.7. The molecule has 0 radical (unpaired) electrons. The highest BCUT2D eigenvalue weighted by atomic mass is 16.7. The van der Waals surface area contributed by atoms with E-state index in [1.54, 1.807) is 31.2 Å². The summed E-state index contributed by atoms with van der Waals surface area (Å²) in [5.74, 6) is 1.87. The minimum absolute atomic E-state index is 0.0723. The van der Waals surface area contributed by atoms with Gasteiger partial charge in [-0.05, 0) is 30.7 Å². The molecule has 0 aliphatic carbocycles. The minimum atomic E-state index is -0.500. The van der Waals surface area contributed by atoms with Gasteiger partial charge in [0, 0.05) is 6.08 Å². The Balaban J connectivity index is 1.74. The lowest BCUT2D eigenvalue weighted by Crippen LogP contribution is -2.38. The summed E-state index contributed by atoms with van der Waals surface area (Å²) in [5, 5.41) is 9.46. The van der Waals surface area contributed by atoms with Gasteiger partial charge in [-0.25, -0.2) is 0 Å². The van der Waals surface area contributed by atoms with Gasteiger partial charge in [-0.2, -0.15) is 4.99 Å². The molecular formula is C17H15N3O5. The molecule has 0 atom stereocenters. The van der Waals surface area contributed by atoms with E-state index in [9.17, 15) is 4.79 Å². The number of carbonyl (C=O) groups is 1. The molecule has 3 aliphatic heterocycles. The lowest BCUT2D eigenvalue weighted by atomic mass is 10.1. The maximum atomic E-state index is 12.3. The van der Waals surface area contributed by atoms with Gasteiger partial charge < -0.3 is 19.0 Å². The van der Waals surface area contributed by atoms with Gasteiger partial charge in [-0.1, -0.05) is 0 Å². The molecule has 1 N–H and O–H groups in total. The summed E-state index contributed by atoms with van der Waals surface area (Å²) in [5.41, 5.74) is 0.752. The van der Waals surface area contributed by atoms with E-state index in [2.05, 4.69) is 4.99 Å². The highest BCUT2D eigenvalue weighted by Crippen LogP contribution is 2.41. The predicted octanol–water partition coefficient (Wildman–Crippen LogP) is 1.92. The first-order chi connectivity index (χ1) is 12.1. The summed E-state index contributed by atoms with van der Waals surface area (Å²) < 4.78 is 16.5. The van der Waals surface area contributed by atoms with Crippen molar-refractivity contribution in [1.82, 2.24) is 5.06 Å². The molecule has 0 saturated heterocycles. The van der Waals surface area contributed by atoms with E-state index in [0.29, 0.717) is 47.6 Å². The van der Waals surface area contributed by atoms with Gasteiger partial charge in [-0.15, -0.1) is 5.06 Å². The van der Waals surface area contributed by atoms with Crippen molar-refractivity contribution >= 4 is 23.7 Å². The maximum absolute atomic E-state index is 12.3. The van der Waals surface area contributed by atoms with Crippen molar-refractivity contribution < 1.29 is 23.8 Å². The highest BCUT2D eigenvalue weighted by Gasteiger charge is 2.34. The number of ether oxygens (including phenoxy) is 3. The first-order valence-corrected chi connectivity index (χ1v) is 7.64. The van der Waals surface area contributed by atoms with Crippen molar-refractivity contribution in [2.24, 2.45) is 4.99 Å². The predicted molar refractivity (Wildman–Crippen MR) is 88.8 cm³/mol. The summed E-state index contributed by atoms with van der Waals surface area (Å²) in [6.45, 7) is 2.61. The Morgan fingerprint density at radius 3 is 2.92 bits per heavy atom. The molecule has 25 heavy (non-hydrogen) atoms. The normalized spacial score (nSPS) is 20.1. The Hall–Kier alpha value is -3.29. The van der Waals surface area contributed by atoms with E-state index in [0.717, 1.165) is 0 Å². The van der Waals surface area contributed by atoms with E-state index in [4.69, 9.17) is 24.5 Å². The van der Waals surface area contributed by atoms with Gasteiger partial charge in [0.2, 0.25) is 5.75 Å². The fraction of sp³-hybridized carbons (Fsp3) is 0.235. The average Bonchev–Trinajstić information content (AvgIpc) is 2.98. The van der Waals surface area contributed by atoms with Crippen LogP contribution in [0.2, 0.25) is 0 Å². The Morgan fingerprint density at radius 2 is 2.12 bits per heavy atom. The van der Waals surface area contributed by atoms with Crippen LogP contribution < -0.4 is 14.2 Å². The van der Waals surface area contributed by atoms with Crippen LogP contribution in [0.4, 0.5) is 0 Å². The Bertz CT molecular complexity index is 867. The van der Waals surface area contributed by atoms with Crippen LogP contribution in [0.3, 0.4) is 0 Å². The molecule has 1 aromatic carbocycles. The summed E-state index contributed by atoms with van der Waals surface area (Å²) in [6.07, 6.45) is 3.17. The maximum Gasteiger partial charge on any atom is 0.282 e. The number of benzene rings is 1. The third-order valence-corrected chi connectivity index (χ3v) is 3.84. The van der Waals surface area contributed by atoms with Crippen LogP contribution in [0.25, 0.3) is 6.08 Å². The van der Waals surface area contributed by atoms with Gasteiger partial charge in [0.05, 0.1) is 12.7 Å². The molecule has 128 valence electrons. The van der Waals surface area contributed by atoms with Crippen LogP contribution in [-0.2, 0) is 9.63 Å². The van der Waals surface area contributed by atoms with Crippen LogP contribution >= 0.6 is 0 Å². The standard InChI is InChI=1S/C17H15N3O5/c1-9-5-14-19-17(21)11(16(18)20(14)25-9)6-10-7-12(22-2)15-13(8-10)23-3-4-24-15/h5-8,18H,3-4H2,1-2H3/b11-6+,18-16?. The first kappa shape index (κ1) is 15.3. The fourth-order valence-corrected chi connectivity index (χ4v) is 2.74. The minimum Gasteiger partial charge on any atom is -0.493 e. The number of methoxy groups -OCH3 is 1. The van der Waals surface area contributed by atoms with Crippen LogP contribution in [0.15, 0.2) is 34.5 Å². The zero-order chi connectivity index (χ0) is 17.6. The quantitative estimate of drug-likeness (QED) is 0.826. The molecular weight excluding hydrogens is 326 g/mol. The number of aliphatic imine (C=N–C) groups is 1. The number of amidine groups is 2. The second kappa shape index (κ2) is 5.66. The molecule has 4 rings (SSSR count). The van der Waals surface area contributed by atoms with E-state index in [1.807, 2.05) is 0 Å². The third kappa shape index (κ3) is 2.51. The van der Waals surface area contributed by atoms with Crippen LogP contribution in [-0.4, -0.2) is 43.0 Å². The first-order valence-electron chi connectivity index (χ1n) is 7.64.